The number of methoxy groups -OCH3 is 1. The number of morpholine rings is 1. The van der Waals surface area contributed by atoms with Crippen molar-refractivity contribution >= 4 is 11.9 Å². The molecule has 1 saturated heterocycles. The number of aliphatic hydroxyl groups is 1. The number of carbonyl (C=O) groups is 2. The second-order valence-electron chi connectivity index (χ2n) is 7.47. The van der Waals surface area contributed by atoms with Gasteiger partial charge in [0.25, 0.3) is 5.91 Å². The highest BCUT2D eigenvalue weighted by molar-refractivity contribution is 5.92. The first-order valence-corrected chi connectivity index (χ1v) is 8.54. The number of rotatable bonds is 5. The van der Waals surface area contributed by atoms with Crippen LogP contribution in [-0.2, 0) is 25.6 Å². The average Bonchev–Trinajstić information content (AvgIpc) is 2.57. The van der Waals surface area contributed by atoms with Crippen molar-refractivity contribution < 1.29 is 28.9 Å². The number of hydrogen-bond donors (Lipinski definition) is 1. The van der Waals surface area contributed by atoms with Crippen LogP contribution in [0.3, 0.4) is 0 Å². The van der Waals surface area contributed by atoms with Gasteiger partial charge in [-0.2, -0.15) is 0 Å². The normalized spacial score (nSPS) is 22.1. The van der Waals surface area contributed by atoms with Gasteiger partial charge in [-0.15, -0.1) is 0 Å². The Labute approximate surface area is 153 Å². The van der Waals surface area contributed by atoms with Crippen LogP contribution < -0.4 is 4.74 Å². The summed E-state index contributed by atoms with van der Waals surface area (Å²) >= 11 is 0. The molecule has 0 radical (unpaired) electrons. The Kier molecular flexibility index (Phi) is 5.93. The van der Waals surface area contributed by atoms with Gasteiger partial charge in [0.2, 0.25) is 0 Å². The molecule has 1 aliphatic rings. The van der Waals surface area contributed by atoms with Crippen molar-refractivity contribution in [2.75, 3.05) is 20.3 Å². The van der Waals surface area contributed by atoms with Gasteiger partial charge in [0.15, 0.2) is 11.7 Å². The van der Waals surface area contributed by atoms with Crippen LogP contribution in [0.25, 0.3) is 0 Å². The zero-order chi connectivity index (χ0) is 19.5. The molecule has 0 spiro atoms. The molecule has 0 saturated carbocycles. The number of esters is 1. The molecule has 2 rings (SSSR count). The van der Waals surface area contributed by atoms with Gasteiger partial charge in [0.1, 0.15) is 11.4 Å². The first kappa shape index (κ1) is 20.2. The number of ether oxygens (including phenoxy) is 3. The standard InChI is InChI=1S/C19H27NO6/c1-18(2,3)26-16(22)15(21)19(4)17(23)20(10-11-25-19)12-13-6-8-14(24-5)9-7-13/h6-9,15,21H,10-12H2,1-5H3. The Hall–Kier alpha value is -2.12. The minimum Gasteiger partial charge on any atom is -0.497 e. The summed E-state index contributed by atoms with van der Waals surface area (Å²) in [6.45, 7) is 7.45. The fourth-order valence-corrected chi connectivity index (χ4v) is 2.73. The van der Waals surface area contributed by atoms with Crippen LogP contribution in [0.1, 0.15) is 33.3 Å². The highest BCUT2D eigenvalue weighted by Gasteiger charge is 2.51. The minimum atomic E-state index is -1.70. The summed E-state index contributed by atoms with van der Waals surface area (Å²) in [5.74, 6) is -0.593. The maximum absolute atomic E-state index is 12.9. The number of hydrogen-bond acceptors (Lipinski definition) is 6. The third kappa shape index (κ3) is 4.53. The van der Waals surface area contributed by atoms with E-state index in [1.807, 2.05) is 24.3 Å². The molecule has 1 heterocycles. The highest BCUT2D eigenvalue weighted by Crippen LogP contribution is 2.27. The lowest BCUT2D eigenvalue weighted by molar-refractivity contribution is -0.203. The molecule has 2 atom stereocenters. The van der Waals surface area contributed by atoms with Crippen molar-refractivity contribution in [3.63, 3.8) is 0 Å². The van der Waals surface area contributed by atoms with Crippen LogP contribution in [0.15, 0.2) is 24.3 Å². The molecule has 7 nitrogen and oxygen atoms in total. The molecule has 1 amide bonds. The van der Waals surface area contributed by atoms with Crippen LogP contribution >= 0.6 is 0 Å². The highest BCUT2D eigenvalue weighted by atomic mass is 16.6. The first-order chi connectivity index (χ1) is 12.1. The summed E-state index contributed by atoms with van der Waals surface area (Å²) in [4.78, 5) is 26.7. The Morgan fingerprint density at radius 3 is 2.50 bits per heavy atom. The molecule has 1 fully saturated rings. The van der Waals surface area contributed by atoms with E-state index in [9.17, 15) is 14.7 Å². The van der Waals surface area contributed by atoms with Crippen LogP contribution in [0, 0.1) is 0 Å². The monoisotopic (exact) mass is 365 g/mol. The number of carbonyl (C=O) groups excluding carboxylic acids is 2. The van der Waals surface area contributed by atoms with Crippen molar-refractivity contribution in [1.82, 2.24) is 4.90 Å². The van der Waals surface area contributed by atoms with E-state index in [0.29, 0.717) is 13.1 Å². The summed E-state index contributed by atoms with van der Waals surface area (Å²) in [7, 11) is 1.59. The minimum absolute atomic E-state index is 0.220. The van der Waals surface area contributed by atoms with Gasteiger partial charge in [-0.05, 0) is 45.4 Å². The van der Waals surface area contributed by atoms with Crippen LogP contribution in [0.2, 0.25) is 0 Å². The third-order valence-electron chi connectivity index (χ3n) is 4.16. The van der Waals surface area contributed by atoms with Gasteiger partial charge in [-0.1, -0.05) is 12.1 Å². The van der Waals surface area contributed by atoms with Gasteiger partial charge in [0, 0.05) is 13.1 Å². The molecular formula is C19H27NO6. The van der Waals surface area contributed by atoms with E-state index in [1.54, 1.807) is 32.8 Å². The van der Waals surface area contributed by atoms with Gasteiger partial charge in [-0.25, -0.2) is 4.79 Å². The lowest BCUT2D eigenvalue weighted by Crippen LogP contribution is -2.62. The molecule has 1 aromatic rings. The van der Waals surface area contributed by atoms with Crippen LogP contribution in [-0.4, -0.2) is 59.5 Å². The number of aliphatic hydroxyl groups excluding tert-OH is 1. The Balaban J connectivity index is 2.12. The lowest BCUT2D eigenvalue weighted by Gasteiger charge is -2.41. The van der Waals surface area contributed by atoms with Crippen molar-refractivity contribution in [3.05, 3.63) is 29.8 Å². The Morgan fingerprint density at radius 1 is 1.35 bits per heavy atom. The Bertz CT molecular complexity index is 651. The van der Waals surface area contributed by atoms with E-state index >= 15 is 0 Å². The molecule has 7 heteroatoms. The topological polar surface area (TPSA) is 85.3 Å². The maximum Gasteiger partial charge on any atom is 0.339 e. The fraction of sp³-hybridized carbons (Fsp3) is 0.579. The summed E-state index contributed by atoms with van der Waals surface area (Å²) < 4.78 is 15.8. The van der Waals surface area contributed by atoms with E-state index < -0.39 is 29.2 Å². The van der Waals surface area contributed by atoms with E-state index in [4.69, 9.17) is 14.2 Å². The molecule has 1 N–H and O–H groups in total. The van der Waals surface area contributed by atoms with E-state index in [2.05, 4.69) is 0 Å². The van der Waals surface area contributed by atoms with E-state index in [0.717, 1.165) is 11.3 Å². The average molecular weight is 365 g/mol. The molecule has 0 bridgehead atoms. The summed E-state index contributed by atoms with van der Waals surface area (Å²) in [5, 5.41) is 10.4. The molecular weight excluding hydrogens is 338 g/mol. The van der Waals surface area contributed by atoms with Crippen LogP contribution in [0.4, 0.5) is 0 Å². The zero-order valence-electron chi connectivity index (χ0n) is 15.9. The van der Waals surface area contributed by atoms with Crippen molar-refractivity contribution in [2.24, 2.45) is 0 Å². The smallest absolute Gasteiger partial charge is 0.339 e. The van der Waals surface area contributed by atoms with Crippen molar-refractivity contribution in [2.45, 2.75) is 51.5 Å². The molecule has 0 aliphatic carbocycles. The molecule has 1 aliphatic heterocycles. The van der Waals surface area contributed by atoms with Crippen LogP contribution in [0.5, 0.6) is 5.75 Å². The summed E-state index contributed by atoms with van der Waals surface area (Å²) in [6.07, 6.45) is -1.70. The van der Waals surface area contributed by atoms with E-state index in [-0.39, 0.29) is 6.61 Å². The molecule has 2 unspecified atom stereocenters. The molecule has 26 heavy (non-hydrogen) atoms. The summed E-state index contributed by atoms with van der Waals surface area (Å²) in [5.41, 5.74) is -1.53. The predicted molar refractivity (Wildman–Crippen MR) is 94.6 cm³/mol. The van der Waals surface area contributed by atoms with Crippen molar-refractivity contribution in [3.8, 4) is 5.75 Å². The lowest BCUT2D eigenvalue weighted by atomic mass is 9.94. The molecule has 0 aromatic heterocycles. The zero-order valence-corrected chi connectivity index (χ0v) is 15.9. The van der Waals surface area contributed by atoms with Gasteiger partial charge >= 0.3 is 5.97 Å². The number of amides is 1. The first-order valence-electron chi connectivity index (χ1n) is 8.54. The second-order valence-corrected chi connectivity index (χ2v) is 7.47. The Morgan fingerprint density at radius 2 is 1.96 bits per heavy atom. The summed E-state index contributed by atoms with van der Waals surface area (Å²) in [6, 6.07) is 7.36. The molecule has 1 aromatic carbocycles. The SMILES string of the molecule is COc1ccc(CN2CCOC(C)(C(O)C(=O)OC(C)(C)C)C2=O)cc1. The second kappa shape index (κ2) is 7.63. The number of benzene rings is 1. The van der Waals surface area contributed by atoms with Gasteiger partial charge in [0.05, 0.1) is 13.7 Å². The quantitative estimate of drug-likeness (QED) is 0.797. The van der Waals surface area contributed by atoms with Gasteiger partial charge in [-0.3, -0.25) is 4.79 Å². The largest absolute Gasteiger partial charge is 0.497 e. The number of nitrogens with zero attached hydrogens (tertiary/aromatic N) is 1. The fourth-order valence-electron chi connectivity index (χ4n) is 2.73. The van der Waals surface area contributed by atoms with Crippen molar-refractivity contribution in [1.29, 1.82) is 0 Å². The molecule has 144 valence electrons. The maximum atomic E-state index is 12.9. The van der Waals surface area contributed by atoms with E-state index in [1.165, 1.54) is 6.92 Å². The van der Waals surface area contributed by atoms with Gasteiger partial charge < -0.3 is 24.2 Å². The third-order valence-corrected chi connectivity index (χ3v) is 4.16. The predicted octanol–water partition coefficient (Wildman–Crippen LogP) is 1.52.